The van der Waals surface area contributed by atoms with E-state index in [0.29, 0.717) is 0 Å². The maximum absolute atomic E-state index is 4.45. The van der Waals surface area contributed by atoms with Gasteiger partial charge in [-0.05, 0) is 18.6 Å². The van der Waals surface area contributed by atoms with Crippen LogP contribution in [0.3, 0.4) is 0 Å². The molecule has 0 atom stereocenters. The molecule has 92 valence electrons. The number of aromatic nitrogens is 2. The monoisotopic (exact) mass is 294 g/mol. The number of fused-ring (bicyclic) bond motifs is 1. The molecular formula is C14H19BrN2. The summed E-state index contributed by atoms with van der Waals surface area (Å²) in [5, 5.41) is 5.67. The van der Waals surface area contributed by atoms with Crippen molar-refractivity contribution >= 4 is 26.8 Å². The summed E-state index contributed by atoms with van der Waals surface area (Å²) in [6, 6.07) is 6.32. The lowest BCUT2D eigenvalue weighted by Crippen LogP contribution is -1.99. The second-order valence-corrected chi connectivity index (χ2v) is 5.40. The number of rotatable bonds is 6. The summed E-state index contributed by atoms with van der Waals surface area (Å²) in [4.78, 5) is 0. The highest BCUT2D eigenvalue weighted by molar-refractivity contribution is 9.10. The van der Waals surface area contributed by atoms with Gasteiger partial charge < -0.3 is 0 Å². The SMILES string of the molecule is CCCCCCCn1ncc2ccc(Br)cc21. The maximum Gasteiger partial charge on any atom is 0.0693 e. The van der Waals surface area contributed by atoms with E-state index < -0.39 is 0 Å². The van der Waals surface area contributed by atoms with Crippen LogP contribution < -0.4 is 0 Å². The van der Waals surface area contributed by atoms with E-state index >= 15 is 0 Å². The Morgan fingerprint density at radius 3 is 2.82 bits per heavy atom. The Balaban J connectivity index is 1.96. The van der Waals surface area contributed by atoms with E-state index in [9.17, 15) is 0 Å². The molecule has 1 aromatic heterocycles. The summed E-state index contributed by atoms with van der Waals surface area (Å²) in [6.45, 7) is 3.28. The van der Waals surface area contributed by atoms with Gasteiger partial charge in [0, 0.05) is 16.4 Å². The van der Waals surface area contributed by atoms with Gasteiger partial charge in [-0.15, -0.1) is 0 Å². The first-order chi connectivity index (χ1) is 8.31. The van der Waals surface area contributed by atoms with Crippen LogP contribution in [0.2, 0.25) is 0 Å². The normalized spacial score (nSPS) is 11.2. The zero-order chi connectivity index (χ0) is 12.1. The Morgan fingerprint density at radius 1 is 1.18 bits per heavy atom. The molecule has 0 unspecified atom stereocenters. The molecule has 17 heavy (non-hydrogen) atoms. The maximum atomic E-state index is 4.45. The molecule has 0 saturated heterocycles. The Morgan fingerprint density at radius 2 is 2.00 bits per heavy atom. The number of halogens is 1. The molecule has 0 bridgehead atoms. The summed E-state index contributed by atoms with van der Waals surface area (Å²) in [5.74, 6) is 0. The van der Waals surface area contributed by atoms with Crippen LogP contribution in [0.25, 0.3) is 10.9 Å². The van der Waals surface area contributed by atoms with E-state index in [1.165, 1.54) is 43.0 Å². The highest BCUT2D eigenvalue weighted by Gasteiger charge is 2.02. The molecule has 0 N–H and O–H groups in total. The standard InChI is InChI=1S/C14H19BrN2/c1-2-3-4-5-6-9-17-14-10-13(15)8-7-12(14)11-16-17/h7-8,10-11H,2-6,9H2,1H3. The summed E-state index contributed by atoms with van der Waals surface area (Å²) in [5.41, 5.74) is 1.23. The molecule has 0 aliphatic heterocycles. The van der Waals surface area contributed by atoms with Crippen LogP contribution in [-0.4, -0.2) is 9.78 Å². The van der Waals surface area contributed by atoms with E-state index in [-0.39, 0.29) is 0 Å². The fourth-order valence-corrected chi connectivity index (χ4v) is 2.44. The van der Waals surface area contributed by atoms with Crippen LogP contribution in [-0.2, 0) is 6.54 Å². The third-order valence-corrected chi connectivity index (χ3v) is 3.57. The van der Waals surface area contributed by atoms with Gasteiger partial charge in [0.1, 0.15) is 0 Å². The fourth-order valence-electron chi connectivity index (χ4n) is 2.09. The quantitative estimate of drug-likeness (QED) is 0.702. The summed E-state index contributed by atoms with van der Waals surface area (Å²) < 4.78 is 3.24. The van der Waals surface area contributed by atoms with Crippen LogP contribution in [0, 0.1) is 0 Å². The predicted octanol–water partition coefficient (Wildman–Crippen LogP) is 4.77. The number of aryl methyl sites for hydroxylation is 1. The Bertz CT molecular complexity index is 476. The zero-order valence-corrected chi connectivity index (χ0v) is 11.9. The summed E-state index contributed by atoms with van der Waals surface area (Å²) in [7, 11) is 0. The third kappa shape index (κ3) is 3.32. The molecule has 2 rings (SSSR count). The van der Waals surface area contributed by atoms with Crippen LogP contribution >= 0.6 is 15.9 Å². The van der Waals surface area contributed by atoms with Crippen molar-refractivity contribution in [1.29, 1.82) is 0 Å². The van der Waals surface area contributed by atoms with Crippen molar-refractivity contribution in [1.82, 2.24) is 9.78 Å². The number of nitrogens with zero attached hydrogens (tertiary/aromatic N) is 2. The minimum Gasteiger partial charge on any atom is -0.265 e. The van der Waals surface area contributed by atoms with Crippen molar-refractivity contribution in [2.24, 2.45) is 0 Å². The average molecular weight is 295 g/mol. The Hall–Kier alpha value is -0.830. The second kappa shape index (κ2) is 6.20. The van der Waals surface area contributed by atoms with E-state index in [1.54, 1.807) is 0 Å². The smallest absolute Gasteiger partial charge is 0.0693 e. The number of hydrogen-bond donors (Lipinski definition) is 0. The molecule has 0 aliphatic carbocycles. The highest BCUT2D eigenvalue weighted by atomic mass is 79.9. The highest BCUT2D eigenvalue weighted by Crippen LogP contribution is 2.19. The molecule has 2 nitrogen and oxygen atoms in total. The van der Waals surface area contributed by atoms with Gasteiger partial charge in [-0.2, -0.15) is 5.10 Å². The van der Waals surface area contributed by atoms with Crippen molar-refractivity contribution in [2.45, 2.75) is 45.6 Å². The zero-order valence-electron chi connectivity index (χ0n) is 10.3. The van der Waals surface area contributed by atoms with Crippen LogP contribution in [0.5, 0.6) is 0 Å². The van der Waals surface area contributed by atoms with E-state index in [2.05, 4.69) is 50.8 Å². The average Bonchev–Trinajstić information content (AvgIpc) is 2.72. The van der Waals surface area contributed by atoms with E-state index in [1.807, 2.05) is 6.20 Å². The lowest BCUT2D eigenvalue weighted by Gasteiger charge is -2.03. The molecule has 0 radical (unpaired) electrons. The topological polar surface area (TPSA) is 17.8 Å². The van der Waals surface area contributed by atoms with Crippen molar-refractivity contribution in [3.05, 3.63) is 28.9 Å². The van der Waals surface area contributed by atoms with Crippen LogP contribution in [0.4, 0.5) is 0 Å². The first kappa shape index (κ1) is 12.6. The predicted molar refractivity (Wildman–Crippen MR) is 76.2 cm³/mol. The Kier molecular flexibility index (Phi) is 4.60. The van der Waals surface area contributed by atoms with Gasteiger partial charge in [-0.1, -0.05) is 54.6 Å². The third-order valence-electron chi connectivity index (χ3n) is 3.08. The molecule has 2 aromatic rings. The number of unbranched alkanes of at least 4 members (excludes halogenated alkanes) is 4. The van der Waals surface area contributed by atoms with Gasteiger partial charge >= 0.3 is 0 Å². The van der Waals surface area contributed by atoms with Crippen LogP contribution in [0.1, 0.15) is 39.0 Å². The lowest BCUT2D eigenvalue weighted by molar-refractivity contribution is 0.544. The number of hydrogen-bond acceptors (Lipinski definition) is 1. The Labute approximate surface area is 111 Å². The second-order valence-electron chi connectivity index (χ2n) is 4.49. The van der Waals surface area contributed by atoms with Crippen molar-refractivity contribution in [3.63, 3.8) is 0 Å². The van der Waals surface area contributed by atoms with Gasteiger partial charge in [0.05, 0.1) is 11.7 Å². The fraction of sp³-hybridized carbons (Fsp3) is 0.500. The van der Waals surface area contributed by atoms with E-state index in [4.69, 9.17) is 0 Å². The molecule has 0 amide bonds. The lowest BCUT2D eigenvalue weighted by atomic mass is 10.1. The van der Waals surface area contributed by atoms with Crippen molar-refractivity contribution in [2.75, 3.05) is 0 Å². The first-order valence-electron chi connectivity index (χ1n) is 6.42. The summed E-state index contributed by atoms with van der Waals surface area (Å²) in [6.07, 6.45) is 8.49. The minimum absolute atomic E-state index is 1.03. The van der Waals surface area contributed by atoms with Gasteiger partial charge in [-0.3, -0.25) is 4.68 Å². The largest absolute Gasteiger partial charge is 0.265 e. The van der Waals surface area contributed by atoms with Crippen LogP contribution in [0.15, 0.2) is 28.9 Å². The molecule has 0 fully saturated rings. The van der Waals surface area contributed by atoms with E-state index in [0.717, 1.165) is 11.0 Å². The van der Waals surface area contributed by atoms with Gasteiger partial charge in [0.25, 0.3) is 0 Å². The molecule has 0 aliphatic rings. The van der Waals surface area contributed by atoms with Crippen molar-refractivity contribution in [3.8, 4) is 0 Å². The molecule has 0 saturated carbocycles. The molecule has 3 heteroatoms. The molecule has 0 spiro atoms. The first-order valence-corrected chi connectivity index (χ1v) is 7.21. The number of benzene rings is 1. The molecule has 1 aromatic carbocycles. The molecular weight excluding hydrogens is 276 g/mol. The summed E-state index contributed by atoms with van der Waals surface area (Å²) >= 11 is 3.51. The van der Waals surface area contributed by atoms with Gasteiger partial charge in [0.2, 0.25) is 0 Å². The van der Waals surface area contributed by atoms with Gasteiger partial charge in [-0.25, -0.2) is 0 Å². The van der Waals surface area contributed by atoms with Gasteiger partial charge in [0.15, 0.2) is 0 Å². The molecule has 1 heterocycles. The minimum atomic E-state index is 1.03. The van der Waals surface area contributed by atoms with Crippen molar-refractivity contribution < 1.29 is 0 Å².